The van der Waals surface area contributed by atoms with Crippen LogP contribution < -0.4 is 20.5 Å². The fourth-order valence-corrected chi connectivity index (χ4v) is 4.05. The van der Waals surface area contributed by atoms with Gasteiger partial charge in [0.05, 0.1) is 29.2 Å². The summed E-state index contributed by atoms with van der Waals surface area (Å²) in [6, 6.07) is 17.0. The predicted molar refractivity (Wildman–Crippen MR) is 133 cm³/mol. The van der Waals surface area contributed by atoms with Crippen molar-refractivity contribution in [2.45, 2.75) is 13.0 Å². The van der Waals surface area contributed by atoms with E-state index < -0.39 is 28.6 Å². The van der Waals surface area contributed by atoms with E-state index in [-0.39, 0.29) is 28.3 Å². The Kier molecular flexibility index (Phi) is 6.87. The van der Waals surface area contributed by atoms with Crippen molar-refractivity contribution < 1.29 is 29.2 Å². The number of ketones is 1. The Labute approximate surface area is 211 Å². The van der Waals surface area contributed by atoms with Gasteiger partial charge in [-0.1, -0.05) is 24.3 Å². The van der Waals surface area contributed by atoms with Gasteiger partial charge in [0, 0.05) is 23.5 Å². The summed E-state index contributed by atoms with van der Waals surface area (Å²) >= 11 is 0. The predicted octanol–water partition coefficient (Wildman–Crippen LogP) is 3.17. The SMILES string of the molecule is COc1ccc(N2C(=O)C(=O)C(=C(C)NNC(=O)c3ccccc3O)[C@H]2c2cccc([N+](=O)[O-])c2)cc1. The minimum absolute atomic E-state index is 0.00102. The number of rotatable bonds is 7. The second-order valence-electron chi connectivity index (χ2n) is 8.09. The van der Waals surface area contributed by atoms with Crippen LogP contribution in [0.5, 0.6) is 11.5 Å². The molecule has 1 fully saturated rings. The summed E-state index contributed by atoms with van der Waals surface area (Å²) in [4.78, 5) is 51.1. The number of amides is 2. The fourth-order valence-electron chi connectivity index (χ4n) is 4.05. The van der Waals surface area contributed by atoms with Crippen LogP contribution in [0.15, 0.2) is 84.1 Å². The number of nitro groups is 1. The van der Waals surface area contributed by atoms with Crippen molar-refractivity contribution >= 4 is 29.0 Å². The molecule has 3 aromatic carbocycles. The third kappa shape index (κ3) is 4.82. The monoisotopic (exact) mass is 502 g/mol. The average Bonchev–Trinajstić information content (AvgIpc) is 3.17. The number of hydrogen-bond donors (Lipinski definition) is 3. The van der Waals surface area contributed by atoms with E-state index in [1.807, 2.05) is 0 Å². The maximum atomic E-state index is 13.2. The number of allylic oxidation sites excluding steroid dienone is 1. The second kappa shape index (κ2) is 10.2. The van der Waals surface area contributed by atoms with Crippen molar-refractivity contribution in [2.75, 3.05) is 12.0 Å². The van der Waals surface area contributed by atoms with Gasteiger partial charge in [-0.05, 0) is 48.9 Å². The van der Waals surface area contributed by atoms with Gasteiger partial charge < -0.3 is 15.3 Å². The number of ether oxygens (including phenoxy) is 1. The number of nitrogens with one attached hydrogen (secondary N) is 2. The van der Waals surface area contributed by atoms with Crippen LogP contribution in [0.4, 0.5) is 11.4 Å². The molecule has 0 radical (unpaired) electrons. The van der Waals surface area contributed by atoms with Crippen LogP contribution in [0.3, 0.4) is 0 Å². The first kappa shape index (κ1) is 24.9. The Morgan fingerprint density at radius 2 is 1.73 bits per heavy atom. The highest BCUT2D eigenvalue weighted by atomic mass is 16.6. The Hall–Kier alpha value is -5.19. The van der Waals surface area contributed by atoms with Gasteiger partial charge in [-0.15, -0.1) is 0 Å². The summed E-state index contributed by atoms with van der Waals surface area (Å²) < 4.78 is 5.17. The lowest BCUT2D eigenvalue weighted by Crippen LogP contribution is -2.37. The third-order valence-electron chi connectivity index (χ3n) is 5.85. The molecule has 1 saturated heterocycles. The van der Waals surface area contributed by atoms with E-state index in [9.17, 15) is 29.6 Å². The number of hydrazine groups is 1. The molecule has 1 heterocycles. The van der Waals surface area contributed by atoms with E-state index in [0.717, 1.165) is 0 Å². The van der Waals surface area contributed by atoms with Gasteiger partial charge in [0.15, 0.2) is 0 Å². The molecule has 3 N–H and O–H groups in total. The second-order valence-corrected chi connectivity index (χ2v) is 8.09. The van der Waals surface area contributed by atoms with E-state index in [4.69, 9.17) is 4.74 Å². The molecule has 0 saturated carbocycles. The van der Waals surface area contributed by atoms with Crippen molar-refractivity contribution in [3.63, 3.8) is 0 Å². The van der Waals surface area contributed by atoms with Crippen LogP contribution in [0.2, 0.25) is 0 Å². The number of benzene rings is 3. The Balaban J connectivity index is 1.77. The summed E-state index contributed by atoms with van der Waals surface area (Å²) in [7, 11) is 1.49. The lowest BCUT2D eigenvalue weighted by Gasteiger charge is -2.26. The van der Waals surface area contributed by atoms with Crippen molar-refractivity contribution in [2.24, 2.45) is 0 Å². The number of nitrogens with zero attached hydrogens (tertiary/aromatic N) is 2. The average molecular weight is 502 g/mol. The molecule has 1 aliphatic heterocycles. The topological polar surface area (TPSA) is 151 Å². The number of carbonyl (C=O) groups excluding carboxylic acids is 3. The maximum Gasteiger partial charge on any atom is 0.300 e. The van der Waals surface area contributed by atoms with E-state index in [1.54, 1.807) is 42.5 Å². The number of non-ortho nitro benzene ring substituents is 1. The van der Waals surface area contributed by atoms with Gasteiger partial charge >= 0.3 is 0 Å². The summed E-state index contributed by atoms with van der Waals surface area (Å²) in [5.41, 5.74) is 5.68. The van der Waals surface area contributed by atoms with Crippen molar-refractivity contribution in [3.05, 3.63) is 105 Å². The van der Waals surface area contributed by atoms with Gasteiger partial charge in [-0.2, -0.15) is 0 Å². The number of carbonyl (C=O) groups is 3. The van der Waals surface area contributed by atoms with Gasteiger partial charge in [0.2, 0.25) is 0 Å². The molecule has 4 rings (SSSR count). The van der Waals surface area contributed by atoms with Crippen LogP contribution in [-0.4, -0.2) is 34.7 Å². The number of methoxy groups -OCH3 is 1. The largest absolute Gasteiger partial charge is 0.507 e. The Morgan fingerprint density at radius 1 is 1.03 bits per heavy atom. The first-order valence-corrected chi connectivity index (χ1v) is 11.0. The number of Topliss-reactive ketones (excluding diaryl/α,β-unsaturated/α-hetero) is 1. The van der Waals surface area contributed by atoms with Gasteiger partial charge in [-0.25, -0.2) is 0 Å². The van der Waals surface area contributed by atoms with Crippen molar-refractivity contribution in [3.8, 4) is 11.5 Å². The molecule has 0 bridgehead atoms. The molecule has 37 heavy (non-hydrogen) atoms. The highest BCUT2D eigenvalue weighted by Gasteiger charge is 2.46. The quantitative estimate of drug-likeness (QED) is 0.193. The lowest BCUT2D eigenvalue weighted by atomic mass is 9.96. The molecule has 0 aliphatic carbocycles. The van der Waals surface area contributed by atoms with Gasteiger partial charge in [0.1, 0.15) is 11.5 Å². The van der Waals surface area contributed by atoms with Crippen LogP contribution >= 0.6 is 0 Å². The zero-order valence-corrected chi connectivity index (χ0v) is 19.8. The molecule has 0 spiro atoms. The fraction of sp³-hybridized carbons (Fsp3) is 0.115. The van der Waals surface area contributed by atoms with E-state index in [2.05, 4.69) is 10.9 Å². The summed E-state index contributed by atoms with van der Waals surface area (Å²) in [5, 5.41) is 21.3. The number of anilines is 1. The number of aromatic hydroxyl groups is 1. The maximum absolute atomic E-state index is 13.2. The molecule has 1 atom stereocenters. The van der Waals surface area contributed by atoms with Crippen LogP contribution in [0.25, 0.3) is 0 Å². The minimum atomic E-state index is -1.03. The molecular weight excluding hydrogens is 480 g/mol. The smallest absolute Gasteiger partial charge is 0.300 e. The first-order chi connectivity index (χ1) is 17.7. The molecule has 0 aromatic heterocycles. The molecule has 1 aliphatic rings. The number of para-hydroxylation sites is 1. The summed E-state index contributed by atoms with van der Waals surface area (Å²) in [6.07, 6.45) is 0. The zero-order valence-electron chi connectivity index (χ0n) is 19.8. The molecule has 2 amide bonds. The van der Waals surface area contributed by atoms with Crippen LogP contribution in [0, 0.1) is 10.1 Å². The number of phenolic OH excluding ortho intramolecular Hbond substituents is 1. The molecule has 3 aromatic rings. The van der Waals surface area contributed by atoms with Crippen LogP contribution in [-0.2, 0) is 9.59 Å². The highest BCUT2D eigenvalue weighted by Crippen LogP contribution is 2.41. The normalized spacial score (nSPS) is 16.4. The molecular formula is C26H22N4O7. The van der Waals surface area contributed by atoms with Crippen molar-refractivity contribution in [1.82, 2.24) is 10.9 Å². The molecule has 188 valence electrons. The Morgan fingerprint density at radius 3 is 2.38 bits per heavy atom. The van der Waals surface area contributed by atoms with E-state index in [0.29, 0.717) is 17.0 Å². The number of nitro benzene ring substituents is 1. The summed E-state index contributed by atoms with van der Waals surface area (Å²) in [5.74, 6) is -2.05. The van der Waals surface area contributed by atoms with Gasteiger partial charge in [0.25, 0.3) is 23.3 Å². The Bertz CT molecular complexity index is 1430. The zero-order chi connectivity index (χ0) is 26.7. The van der Waals surface area contributed by atoms with Crippen LogP contribution in [0.1, 0.15) is 28.9 Å². The summed E-state index contributed by atoms with van der Waals surface area (Å²) in [6.45, 7) is 1.49. The lowest BCUT2D eigenvalue weighted by molar-refractivity contribution is -0.384. The molecule has 11 heteroatoms. The molecule has 11 nitrogen and oxygen atoms in total. The van der Waals surface area contributed by atoms with Gasteiger partial charge in [-0.3, -0.25) is 34.8 Å². The molecule has 0 unspecified atom stereocenters. The first-order valence-electron chi connectivity index (χ1n) is 11.0. The standard InChI is InChI=1S/C26H22N4O7/c1-15(27-28-25(33)20-8-3-4-9-21(20)31)22-23(16-6-5-7-18(14-16)30(35)36)29(26(34)24(22)32)17-10-12-19(37-2)13-11-17/h3-14,23,27,31H,1-2H3,(H,28,33)/t23-/m1/s1. The highest BCUT2D eigenvalue weighted by molar-refractivity contribution is 6.50. The number of hydrogen-bond acceptors (Lipinski definition) is 8. The third-order valence-corrected chi connectivity index (χ3v) is 5.85. The minimum Gasteiger partial charge on any atom is -0.507 e. The van der Waals surface area contributed by atoms with E-state index in [1.165, 1.54) is 49.3 Å². The van der Waals surface area contributed by atoms with E-state index >= 15 is 0 Å². The van der Waals surface area contributed by atoms with Crippen molar-refractivity contribution in [1.29, 1.82) is 0 Å². The number of phenols is 1.